The third-order valence-electron chi connectivity index (χ3n) is 4.48. The lowest BCUT2D eigenvalue weighted by atomic mass is 10.0. The zero-order chi connectivity index (χ0) is 21.6. The smallest absolute Gasteiger partial charge is 0.329 e. The van der Waals surface area contributed by atoms with E-state index < -0.39 is 41.9 Å². The van der Waals surface area contributed by atoms with E-state index >= 15 is 0 Å². The number of amides is 3. The molecule has 0 spiro atoms. The van der Waals surface area contributed by atoms with Gasteiger partial charge in [-0.25, -0.2) is 14.4 Å². The normalized spacial score (nSPS) is 17.0. The predicted octanol–water partition coefficient (Wildman–Crippen LogP) is 0.359. The number of carbonyl (C=O) groups is 4. The first-order chi connectivity index (χ1) is 13.9. The predicted molar refractivity (Wildman–Crippen MR) is 113 cm³/mol. The van der Waals surface area contributed by atoms with E-state index in [2.05, 4.69) is 45.4 Å². The monoisotopic (exact) mass is 441 g/mol. The van der Waals surface area contributed by atoms with Crippen LogP contribution >= 0.6 is 25.3 Å². The Morgan fingerprint density at radius 1 is 1.03 bits per heavy atom. The van der Waals surface area contributed by atoms with Gasteiger partial charge in [-0.2, -0.15) is 25.3 Å². The quantitative estimate of drug-likeness (QED) is 0.359. The van der Waals surface area contributed by atoms with Gasteiger partial charge in [0.25, 0.3) is 0 Å². The van der Waals surface area contributed by atoms with Crippen molar-refractivity contribution in [3.8, 4) is 0 Å². The molecule has 29 heavy (non-hydrogen) atoms. The van der Waals surface area contributed by atoms with Crippen molar-refractivity contribution in [2.75, 3.05) is 37.2 Å². The van der Waals surface area contributed by atoms with Crippen molar-refractivity contribution >= 4 is 54.8 Å². The molecule has 158 valence electrons. The molecule has 3 atom stereocenters. The minimum absolute atomic E-state index is 0.0396. The Hall–Kier alpha value is -2.40. The summed E-state index contributed by atoms with van der Waals surface area (Å²) in [6.45, 7) is 0.0396. The van der Waals surface area contributed by atoms with Crippen molar-refractivity contribution in [3.05, 3.63) is 29.8 Å². The highest BCUT2D eigenvalue weighted by Gasteiger charge is 2.38. The molecule has 2 rings (SSSR count). The number of benzene rings is 1. The van der Waals surface area contributed by atoms with Gasteiger partial charge in [0, 0.05) is 23.7 Å². The molecule has 3 unspecified atom stereocenters. The molecule has 9 nitrogen and oxygen atoms in total. The van der Waals surface area contributed by atoms with Crippen LogP contribution in [-0.4, -0.2) is 68.2 Å². The topological polar surface area (TPSA) is 114 Å². The summed E-state index contributed by atoms with van der Waals surface area (Å²) in [5, 5.41) is 5.16. The number of fused-ring (bicyclic) bond motifs is 1. The first kappa shape index (κ1) is 22.9. The summed E-state index contributed by atoms with van der Waals surface area (Å²) in [4.78, 5) is 50.4. The molecule has 1 aliphatic heterocycles. The van der Waals surface area contributed by atoms with Gasteiger partial charge in [-0.15, -0.1) is 0 Å². The Balaban J connectivity index is 2.20. The lowest BCUT2D eigenvalue weighted by Crippen LogP contribution is -2.50. The molecule has 1 aromatic rings. The fourth-order valence-electron chi connectivity index (χ4n) is 2.97. The maximum absolute atomic E-state index is 12.8. The maximum Gasteiger partial charge on any atom is 0.329 e. The second-order valence-electron chi connectivity index (χ2n) is 6.20. The van der Waals surface area contributed by atoms with E-state index in [9.17, 15) is 19.2 Å². The lowest BCUT2D eigenvalue weighted by molar-refractivity contribution is -0.144. The van der Waals surface area contributed by atoms with E-state index in [1.165, 1.54) is 19.1 Å². The molecule has 1 aromatic carbocycles. The van der Waals surface area contributed by atoms with Gasteiger partial charge in [-0.05, 0) is 11.6 Å². The summed E-state index contributed by atoms with van der Waals surface area (Å²) in [6.07, 6.45) is 0. The summed E-state index contributed by atoms with van der Waals surface area (Å²) in [6, 6.07) is 4.53. The van der Waals surface area contributed by atoms with Crippen LogP contribution in [0, 0.1) is 0 Å². The van der Waals surface area contributed by atoms with E-state index in [-0.39, 0.29) is 18.1 Å². The highest BCUT2D eigenvalue weighted by atomic mass is 32.1. The van der Waals surface area contributed by atoms with E-state index in [1.54, 1.807) is 24.3 Å². The van der Waals surface area contributed by atoms with Crippen molar-refractivity contribution in [1.82, 2.24) is 10.6 Å². The van der Waals surface area contributed by atoms with Gasteiger partial charge < -0.3 is 20.1 Å². The Labute approximate surface area is 179 Å². The Kier molecular flexibility index (Phi) is 8.21. The molecule has 0 saturated carbocycles. The summed E-state index contributed by atoms with van der Waals surface area (Å²) < 4.78 is 9.31. The van der Waals surface area contributed by atoms with Gasteiger partial charge in [-0.1, -0.05) is 18.2 Å². The van der Waals surface area contributed by atoms with Gasteiger partial charge in [0.2, 0.25) is 5.91 Å². The highest BCUT2D eigenvalue weighted by molar-refractivity contribution is 7.80. The summed E-state index contributed by atoms with van der Waals surface area (Å²) in [7, 11) is 2.44. The van der Waals surface area contributed by atoms with E-state index in [1.807, 2.05) is 0 Å². The number of urea groups is 1. The minimum atomic E-state index is -0.927. The van der Waals surface area contributed by atoms with Crippen molar-refractivity contribution in [3.63, 3.8) is 0 Å². The van der Waals surface area contributed by atoms with Crippen molar-refractivity contribution in [2.24, 2.45) is 0 Å². The van der Waals surface area contributed by atoms with Gasteiger partial charge >= 0.3 is 18.0 Å². The first-order valence-electron chi connectivity index (χ1n) is 8.72. The van der Waals surface area contributed by atoms with Crippen LogP contribution in [0.3, 0.4) is 0 Å². The zero-order valence-corrected chi connectivity index (χ0v) is 17.7. The number of para-hydroxylation sites is 1. The number of hydrogen-bond acceptors (Lipinski definition) is 8. The van der Waals surface area contributed by atoms with Crippen LogP contribution in [0.15, 0.2) is 24.3 Å². The number of thiol groups is 2. The third-order valence-corrected chi connectivity index (χ3v) is 5.21. The van der Waals surface area contributed by atoms with Crippen LogP contribution < -0.4 is 15.5 Å². The molecule has 0 aliphatic carbocycles. The van der Waals surface area contributed by atoms with Gasteiger partial charge in [0.05, 0.1) is 20.1 Å². The summed E-state index contributed by atoms with van der Waals surface area (Å²) in [5.41, 5.74) is 1.16. The molecule has 0 aromatic heterocycles. The van der Waals surface area contributed by atoms with Crippen LogP contribution in [0.1, 0.15) is 11.5 Å². The highest BCUT2D eigenvalue weighted by Crippen LogP contribution is 2.36. The van der Waals surface area contributed by atoms with Crippen LogP contribution in [0.2, 0.25) is 0 Å². The molecular weight excluding hydrogens is 418 g/mol. The number of hydrogen-bond donors (Lipinski definition) is 4. The summed E-state index contributed by atoms with van der Waals surface area (Å²) >= 11 is 8.13. The zero-order valence-electron chi connectivity index (χ0n) is 16.0. The fraction of sp³-hybridized carbons (Fsp3) is 0.444. The van der Waals surface area contributed by atoms with Crippen LogP contribution in [0.25, 0.3) is 0 Å². The number of nitrogens with zero attached hydrogens (tertiary/aromatic N) is 1. The van der Waals surface area contributed by atoms with Crippen molar-refractivity contribution in [2.45, 2.75) is 18.0 Å². The standard InChI is InChI=1S/C18H23N3O6S2/c1-26-16(23)12(8-28)19-15(22)11-7-21(14-6-4-3-5-10(11)14)18(25)20-13(9-29)17(24)27-2/h3-6,11-13,28-29H,7-9H2,1-2H3,(H,19,22)(H,20,25). The molecule has 0 saturated heterocycles. The molecule has 1 aliphatic rings. The fourth-order valence-corrected chi connectivity index (χ4v) is 3.45. The maximum atomic E-state index is 12.8. The number of nitrogens with one attached hydrogen (secondary N) is 2. The Morgan fingerprint density at radius 2 is 1.59 bits per heavy atom. The molecule has 0 radical (unpaired) electrons. The van der Waals surface area contributed by atoms with Crippen molar-refractivity contribution < 1.29 is 28.7 Å². The van der Waals surface area contributed by atoms with E-state index in [0.29, 0.717) is 11.3 Å². The molecular formula is C18H23N3O6S2. The molecule has 0 fully saturated rings. The molecule has 3 amide bonds. The van der Waals surface area contributed by atoms with Crippen LogP contribution in [0.5, 0.6) is 0 Å². The number of methoxy groups -OCH3 is 2. The largest absolute Gasteiger partial charge is 0.467 e. The lowest BCUT2D eigenvalue weighted by Gasteiger charge is -2.22. The van der Waals surface area contributed by atoms with Gasteiger partial charge in [0.15, 0.2) is 0 Å². The van der Waals surface area contributed by atoms with Crippen LogP contribution in [0.4, 0.5) is 10.5 Å². The SMILES string of the molecule is COC(=O)C(CS)NC(=O)C1CN(C(=O)NC(CS)C(=O)OC)c2ccccc21. The summed E-state index contributed by atoms with van der Waals surface area (Å²) in [5.74, 6) is -2.23. The number of rotatable bonds is 7. The average Bonchev–Trinajstić information content (AvgIpc) is 3.14. The number of anilines is 1. The number of carbonyl (C=O) groups excluding carboxylic acids is 4. The Morgan fingerprint density at radius 3 is 2.14 bits per heavy atom. The second-order valence-corrected chi connectivity index (χ2v) is 6.93. The minimum Gasteiger partial charge on any atom is -0.467 e. The first-order valence-corrected chi connectivity index (χ1v) is 9.99. The molecule has 1 heterocycles. The Bertz CT molecular complexity index is 728. The van der Waals surface area contributed by atoms with Gasteiger partial charge in [-0.3, -0.25) is 9.69 Å². The molecule has 0 bridgehead atoms. The van der Waals surface area contributed by atoms with Crippen LogP contribution in [-0.2, 0) is 23.9 Å². The number of ether oxygens (including phenoxy) is 2. The molecule has 11 heteroatoms. The van der Waals surface area contributed by atoms with E-state index in [0.717, 1.165) is 0 Å². The van der Waals surface area contributed by atoms with Gasteiger partial charge in [0.1, 0.15) is 12.1 Å². The van der Waals surface area contributed by atoms with Crippen molar-refractivity contribution in [1.29, 1.82) is 0 Å². The van der Waals surface area contributed by atoms with E-state index in [4.69, 9.17) is 0 Å². The third kappa shape index (κ3) is 5.15. The second kappa shape index (κ2) is 10.4. The number of esters is 2. The average molecular weight is 442 g/mol. The molecule has 2 N–H and O–H groups in total.